The molecule has 0 bridgehead atoms. The van der Waals surface area contributed by atoms with Crippen LogP contribution in [0, 0.1) is 5.92 Å². The van der Waals surface area contributed by atoms with Crippen molar-refractivity contribution in [3.63, 3.8) is 0 Å². The molecule has 11 nitrogen and oxygen atoms in total. The van der Waals surface area contributed by atoms with Crippen LogP contribution in [0.3, 0.4) is 0 Å². The average Bonchev–Trinajstić information content (AvgIpc) is 2.96. The van der Waals surface area contributed by atoms with Crippen molar-refractivity contribution in [3.05, 3.63) is 0 Å². The molecule has 270 valence electrons. The van der Waals surface area contributed by atoms with Gasteiger partial charge in [0.15, 0.2) is 6.04 Å². The smallest absolute Gasteiger partial charge is 0.408 e. The summed E-state index contributed by atoms with van der Waals surface area (Å²) in [5, 5.41) is 17.2. The third-order valence-electron chi connectivity index (χ3n) is 6.89. The first-order valence-electron chi connectivity index (χ1n) is 17.4. The van der Waals surface area contributed by atoms with Crippen LogP contribution >= 0.6 is 11.8 Å². The summed E-state index contributed by atoms with van der Waals surface area (Å²) in [6, 6.07) is -2.32. The fraction of sp³-hybridized carbons (Fsp3) is 0.882. The molecule has 0 saturated heterocycles. The number of rotatable bonds is 28. The summed E-state index contributed by atoms with van der Waals surface area (Å²) >= 11 is 1.32. The van der Waals surface area contributed by atoms with Crippen LogP contribution in [0.1, 0.15) is 131 Å². The van der Waals surface area contributed by atoms with Crippen LogP contribution in [0.5, 0.6) is 0 Å². The number of nitrogens with one attached hydrogen (secondary N) is 3. The molecule has 4 N–H and O–H groups in total. The van der Waals surface area contributed by atoms with E-state index in [-0.39, 0.29) is 18.3 Å². The second-order valence-electron chi connectivity index (χ2n) is 13.3. The van der Waals surface area contributed by atoms with E-state index >= 15 is 0 Å². The van der Waals surface area contributed by atoms with E-state index in [4.69, 9.17) is 14.2 Å². The Hall–Kier alpha value is -2.21. The van der Waals surface area contributed by atoms with Crippen LogP contribution in [0.2, 0.25) is 0 Å². The van der Waals surface area contributed by atoms with Crippen molar-refractivity contribution in [2.24, 2.45) is 5.92 Å². The molecule has 46 heavy (non-hydrogen) atoms. The van der Waals surface area contributed by atoms with Crippen LogP contribution in [0.15, 0.2) is 0 Å². The third-order valence-corrected chi connectivity index (χ3v) is 7.95. The lowest BCUT2D eigenvalue weighted by atomic mass is 10.0. The molecule has 3 amide bonds. The molecule has 0 aromatic carbocycles. The first-order valence-corrected chi connectivity index (χ1v) is 18.6. The molecule has 12 heteroatoms. The number of amides is 3. The number of hydrogen-bond acceptors (Lipinski definition) is 8. The van der Waals surface area contributed by atoms with Crippen molar-refractivity contribution in [3.8, 4) is 0 Å². The summed E-state index contributed by atoms with van der Waals surface area (Å²) in [5.74, 6) is -1.11. The predicted octanol–water partition coefficient (Wildman–Crippen LogP) is 7.06. The highest BCUT2D eigenvalue weighted by molar-refractivity contribution is 7.99. The van der Waals surface area contributed by atoms with Gasteiger partial charge in [0, 0.05) is 24.7 Å². The first kappa shape index (κ1) is 43.8. The topological polar surface area (TPSA) is 152 Å². The zero-order valence-electron chi connectivity index (χ0n) is 29.6. The predicted molar refractivity (Wildman–Crippen MR) is 185 cm³/mol. The molecule has 0 heterocycles. The number of aliphatic carboxylic acids is 1. The number of carbonyl (C=O) groups excluding carboxylic acids is 3. The van der Waals surface area contributed by atoms with Crippen LogP contribution < -0.4 is 16.0 Å². The summed E-state index contributed by atoms with van der Waals surface area (Å²) in [4.78, 5) is 49.0. The van der Waals surface area contributed by atoms with E-state index in [0.29, 0.717) is 25.5 Å². The minimum Gasteiger partial charge on any atom is -0.480 e. The molecule has 0 rings (SSSR count). The van der Waals surface area contributed by atoms with E-state index in [1.165, 1.54) is 82.4 Å². The summed E-state index contributed by atoms with van der Waals surface area (Å²) < 4.78 is 15.9. The number of carboxylic acid groups (broad SMARTS) is 1. The number of ether oxygens (including phenoxy) is 3. The Morgan fingerprint density at radius 1 is 0.739 bits per heavy atom. The fourth-order valence-electron chi connectivity index (χ4n) is 4.44. The number of carbonyl (C=O) groups is 4. The van der Waals surface area contributed by atoms with Crippen LogP contribution in [0.25, 0.3) is 0 Å². The maximum Gasteiger partial charge on any atom is 0.408 e. The Bertz CT molecular complexity index is 823. The molecule has 0 spiro atoms. The molecule has 0 aliphatic rings. The number of hydrogen-bond donors (Lipinski definition) is 4. The number of thioether (sulfide) groups is 1. The molecule has 0 aliphatic heterocycles. The summed E-state index contributed by atoms with van der Waals surface area (Å²) in [7, 11) is 0. The van der Waals surface area contributed by atoms with Crippen molar-refractivity contribution in [2.75, 3.05) is 37.9 Å². The fourth-order valence-corrected chi connectivity index (χ4v) is 5.32. The highest BCUT2D eigenvalue weighted by Gasteiger charge is 2.28. The number of carboxylic acids is 1. The number of unbranched alkanes of at least 4 members (excludes halogenated alkanes) is 13. The van der Waals surface area contributed by atoms with Crippen molar-refractivity contribution in [2.45, 2.75) is 149 Å². The third kappa shape index (κ3) is 28.0. The molecule has 0 aromatic rings. The Labute approximate surface area is 282 Å². The van der Waals surface area contributed by atoms with Crippen LogP contribution in [-0.4, -0.2) is 84.7 Å². The van der Waals surface area contributed by atoms with Gasteiger partial charge in [-0.2, -0.15) is 11.8 Å². The molecule has 0 saturated carbocycles. The monoisotopic (exact) mass is 675 g/mol. The maximum absolute atomic E-state index is 12.9. The van der Waals surface area contributed by atoms with Gasteiger partial charge in [0.25, 0.3) is 0 Å². The van der Waals surface area contributed by atoms with Crippen molar-refractivity contribution in [1.82, 2.24) is 16.0 Å². The van der Waals surface area contributed by atoms with Gasteiger partial charge in [-0.25, -0.2) is 14.4 Å². The Morgan fingerprint density at radius 2 is 1.28 bits per heavy atom. The molecule has 2 atom stereocenters. The van der Waals surface area contributed by atoms with Crippen LogP contribution in [-0.2, 0) is 23.8 Å². The van der Waals surface area contributed by atoms with Gasteiger partial charge in [0.05, 0.1) is 13.2 Å². The molecule has 0 aromatic heterocycles. The Kier molecular flexibility index (Phi) is 26.5. The lowest BCUT2D eigenvalue weighted by molar-refractivity contribution is -0.144. The first-order chi connectivity index (χ1) is 21.9. The molecule has 2 unspecified atom stereocenters. The Morgan fingerprint density at radius 3 is 1.78 bits per heavy atom. The van der Waals surface area contributed by atoms with Gasteiger partial charge in [-0.05, 0) is 33.1 Å². The molecular weight excluding hydrogens is 610 g/mol. The molecule has 0 radical (unpaired) electrons. The second-order valence-corrected chi connectivity index (χ2v) is 14.4. The van der Waals surface area contributed by atoms with Crippen molar-refractivity contribution < 1.29 is 38.5 Å². The van der Waals surface area contributed by atoms with E-state index < -0.39 is 41.7 Å². The second kappa shape index (κ2) is 27.9. The largest absolute Gasteiger partial charge is 0.480 e. The van der Waals surface area contributed by atoms with Gasteiger partial charge >= 0.3 is 18.2 Å². The zero-order valence-corrected chi connectivity index (χ0v) is 30.4. The molecule has 0 aliphatic carbocycles. The van der Waals surface area contributed by atoms with Gasteiger partial charge in [0.1, 0.15) is 11.6 Å². The maximum atomic E-state index is 12.9. The van der Waals surface area contributed by atoms with Gasteiger partial charge < -0.3 is 35.3 Å². The summed E-state index contributed by atoms with van der Waals surface area (Å²) in [6.07, 6.45) is 16.5. The van der Waals surface area contributed by atoms with Gasteiger partial charge in [0.2, 0.25) is 5.91 Å². The zero-order chi connectivity index (χ0) is 34.6. The van der Waals surface area contributed by atoms with Crippen molar-refractivity contribution in [1.29, 1.82) is 0 Å². The normalized spacial score (nSPS) is 12.8. The van der Waals surface area contributed by atoms with E-state index in [0.717, 1.165) is 19.3 Å². The van der Waals surface area contributed by atoms with Gasteiger partial charge in [-0.15, -0.1) is 0 Å². The average molecular weight is 676 g/mol. The lowest BCUT2D eigenvalue weighted by Gasteiger charge is -2.24. The van der Waals surface area contributed by atoms with Gasteiger partial charge in [-0.1, -0.05) is 104 Å². The van der Waals surface area contributed by atoms with E-state index in [9.17, 15) is 24.3 Å². The summed E-state index contributed by atoms with van der Waals surface area (Å²) in [5.41, 5.74) is -0.774. The molecule has 0 fully saturated rings. The summed E-state index contributed by atoms with van der Waals surface area (Å²) in [6.45, 7) is 12.1. The standard InChI is InChI=1S/C34H65N3O8S/c1-7-8-9-10-11-12-13-14-15-16-17-18-19-20-22-44-32(41)35-21-23-46-26-29(37-33(42)45-34(4,5)6)30(38)36-28(31(39)40)25-43-24-27(2)3/h27-29H,7-26H2,1-6H3,(H,35,41)(H,36,38)(H,37,42)(H,39,40). The minimum atomic E-state index is -1.27. The highest BCUT2D eigenvalue weighted by Crippen LogP contribution is 2.13. The SMILES string of the molecule is CCCCCCCCCCCCCCCCOC(=O)NCCSCC(NC(=O)OC(C)(C)C)C(=O)NC(COCC(C)C)C(=O)O. The van der Waals surface area contributed by atoms with Gasteiger partial charge in [-0.3, -0.25) is 4.79 Å². The van der Waals surface area contributed by atoms with Crippen LogP contribution in [0.4, 0.5) is 9.59 Å². The van der Waals surface area contributed by atoms with E-state index in [1.54, 1.807) is 20.8 Å². The highest BCUT2D eigenvalue weighted by atomic mass is 32.2. The Balaban J connectivity index is 4.25. The molecular formula is C34H65N3O8S. The minimum absolute atomic E-state index is 0.139. The van der Waals surface area contributed by atoms with E-state index in [2.05, 4.69) is 22.9 Å². The van der Waals surface area contributed by atoms with Crippen molar-refractivity contribution >= 4 is 35.8 Å². The van der Waals surface area contributed by atoms with E-state index in [1.807, 2.05) is 13.8 Å². The lowest BCUT2D eigenvalue weighted by Crippen LogP contribution is -2.54. The quantitative estimate of drug-likeness (QED) is 0.0639. The number of alkyl carbamates (subject to hydrolysis) is 2.